The van der Waals surface area contributed by atoms with Crippen LogP contribution in [-0.2, 0) is 9.59 Å². The summed E-state index contributed by atoms with van der Waals surface area (Å²) >= 11 is 1.13. The minimum atomic E-state index is -0.549. The monoisotopic (exact) mass is 188 g/mol. The molecule has 0 bridgehead atoms. The van der Waals surface area contributed by atoms with Gasteiger partial charge in [-0.2, -0.15) is 0 Å². The summed E-state index contributed by atoms with van der Waals surface area (Å²) in [5.74, 6) is -0.549. The van der Waals surface area contributed by atoms with E-state index in [0.717, 1.165) is 37.9 Å². The van der Waals surface area contributed by atoms with Crippen molar-refractivity contribution in [1.82, 2.24) is 4.31 Å². The molecule has 1 heterocycles. The highest BCUT2D eigenvalue weighted by atomic mass is 32.2. The Balaban J connectivity index is 2.20. The van der Waals surface area contributed by atoms with Crippen LogP contribution in [-0.4, -0.2) is 28.4 Å². The van der Waals surface area contributed by atoms with Crippen molar-refractivity contribution < 1.29 is 9.59 Å². The van der Waals surface area contributed by atoms with E-state index in [-0.39, 0.29) is 11.5 Å². The van der Waals surface area contributed by atoms with Crippen LogP contribution in [0, 0.1) is 0 Å². The zero-order valence-corrected chi connectivity index (χ0v) is 7.60. The molecular weight excluding hydrogens is 176 g/mol. The van der Waals surface area contributed by atoms with Crippen LogP contribution in [0.15, 0.2) is 0 Å². The molecule has 12 heavy (non-hydrogen) atoms. The molecule has 0 aromatic heterocycles. The molecule has 0 aliphatic carbocycles. The van der Waals surface area contributed by atoms with E-state index >= 15 is 0 Å². The first-order valence-electron chi connectivity index (χ1n) is 3.92. The molecule has 2 N–H and O–H groups in total. The Morgan fingerprint density at radius 1 is 1.33 bits per heavy atom. The van der Waals surface area contributed by atoms with Crippen LogP contribution >= 0.6 is 11.9 Å². The van der Waals surface area contributed by atoms with Gasteiger partial charge in [-0.25, -0.2) is 4.31 Å². The third kappa shape index (κ3) is 3.23. The van der Waals surface area contributed by atoms with E-state index in [1.807, 2.05) is 4.31 Å². The minimum absolute atomic E-state index is 0.149. The molecule has 1 aliphatic heterocycles. The fourth-order valence-electron chi connectivity index (χ4n) is 1.10. The summed E-state index contributed by atoms with van der Waals surface area (Å²) < 4.78 is 1.98. The maximum atomic E-state index is 11.0. The van der Waals surface area contributed by atoms with Gasteiger partial charge in [0.2, 0.25) is 11.0 Å². The number of hydrogen-bond acceptors (Lipinski definition) is 4. The van der Waals surface area contributed by atoms with Crippen LogP contribution in [0.3, 0.4) is 0 Å². The molecule has 1 amide bonds. The van der Waals surface area contributed by atoms with Gasteiger partial charge >= 0.3 is 0 Å². The second-order valence-corrected chi connectivity index (χ2v) is 3.90. The predicted molar refractivity (Wildman–Crippen MR) is 47.2 cm³/mol. The van der Waals surface area contributed by atoms with Crippen molar-refractivity contribution in [2.45, 2.75) is 19.3 Å². The van der Waals surface area contributed by atoms with E-state index < -0.39 is 5.91 Å². The van der Waals surface area contributed by atoms with Crippen molar-refractivity contribution in [2.24, 2.45) is 5.73 Å². The highest BCUT2D eigenvalue weighted by Crippen LogP contribution is 2.19. The Morgan fingerprint density at radius 3 is 2.42 bits per heavy atom. The van der Waals surface area contributed by atoms with E-state index in [9.17, 15) is 9.59 Å². The van der Waals surface area contributed by atoms with Gasteiger partial charge in [0.25, 0.3) is 0 Å². The first kappa shape index (κ1) is 9.54. The van der Waals surface area contributed by atoms with Gasteiger partial charge < -0.3 is 5.73 Å². The van der Waals surface area contributed by atoms with Crippen LogP contribution in [0.4, 0.5) is 0 Å². The maximum Gasteiger partial charge on any atom is 0.225 e. The summed E-state index contributed by atoms with van der Waals surface area (Å²) in [6, 6.07) is 0. The fraction of sp³-hybridized carbons (Fsp3) is 0.714. The predicted octanol–water partition coefficient (Wildman–Crippen LogP) is 0.132. The van der Waals surface area contributed by atoms with Gasteiger partial charge in [-0.05, 0) is 24.8 Å². The Bertz CT molecular complexity index is 190. The Morgan fingerprint density at radius 2 is 1.92 bits per heavy atom. The molecule has 0 aromatic rings. The SMILES string of the molecule is NC(=O)CC(=O)SN1CCCC1. The first-order valence-corrected chi connectivity index (χ1v) is 4.70. The number of primary amides is 1. The van der Waals surface area contributed by atoms with Gasteiger partial charge in [-0.15, -0.1) is 0 Å². The van der Waals surface area contributed by atoms with E-state index in [4.69, 9.17) is 5.73 Å². The molecule has 0 radical (unpaired) electrons. The largest absolute Gasteiger partial charge is 0.369 e. The molecule has 1 saturated heterocycles. The number of carbonyl (C=O) groups excluding carboxylic acids is 2. The van der Waals surface area contributed by atoms with Gasteiger partial charge in [-0.1, -0.05) is 0 Å². The number of rotatable bonds is 3. The first-order chi connectivity index (χ1) is 5.68. The maximum absolute atomic E-state index is 11.0. The Labute approximate surface area is 75.6 Å². The molecule has 68 valence electrons. The average molecular weight is 188 g/mol. The summed E-state index contributed by atoms with van der Waals surface area (Å²) in [4.78, 5) is 21.4. The Kier molecular flexibility index (Phi) is 3.55. The number of nitrogens with zero attached hydrogens (tertiary/aromatic N) is 1. The van der Waals surface area contributed by atoms with E-state index in [0.29, 0.717) is 0 Å². The molecule has 0 unspecified atom stereocenters. The lowest BCUT2D eigenvalue weighted by molar-refractivity contribution is -0.122. The molecule has 0 atom stereocenters. The molecule has 1 aliphatic rings. The summed E-state index contributed by atoms with van der Waals surface area (Å²) in [6.45, 7) is 1.88. The van der Waals surface area contributed by atoms with Gasteiger partial charge in [0.1, 0.15) is 0 Å². The smallest absolute Gasteiger partial charge is 0.225 e. The second-order valence-electron chi connectivity index (χ2n) is 2.74. The second kappa shape index (κ2) is 4.47. The van der Waals surface area contributed by atoms with Gasteiger partial charge in [0, 0.05) is 13.1 Å². The van der Waals surface area contributed by atoms with Gasteiger partial charge in [0.15, 0.2) is 0 Å². The van der Waals surface area contributed by atoms with E-state index in [2.05, 4.69) is 0 Å². The summed E-state index contributed by atoms with van der Waals surface area (Å²) in [5.41, 5.74) is 4.88. The highest BCUT2D eigenvalue weighted by Gasteiger charge is 2.17. The highest BCUT2D eigenvalue weighted by molar-refractivity contribution is 8.11. The minimum Gasteiger partial charge on any atom is -0.369 e. The van der Waals surface area contributed by atoms with Crippen molar-refractivity contribution in [3.8, 4) is 0 Å². The van der Waals surface area contributed by atoms with Crippen molar-refractivity contribution in [3.05, 3.63) is 0 Å². The van der Waals surface area contributed by atoms with E-state index in [1.165, 1.54) is 0 Å². The van der Waals surface area contributed by atoms with Crippen LogP contribution in [0.25, 0.3) is 0 Å². The summed E-state index contributed by atoms with van der Waals surface area (Å²) in [7, 11) is 0. The number of amides is 1. The number of hydrogen-bond donors (Lipinski definition) is 1. The standard InChI is InChI=1S/C7H12N2O2S/c8-6(10)5-7(11)12-9-3-1-2-4-9/h1-5H2,(H2,8,10). The van der Waals surface area contributed by atoms with Crippen molar-refractivity contribution in [2.75, 3.05) is 13.1 Å². The zero-order chi connectivity index (χ0) is 8.97. The number of nitrogens with two attached hydrogens (primary N) is 1. The average Bonchev–Trinajstić information content (AvgIpc) is 2.37. The summed E-state index contributed by atoms with van der Waals surface area (Å²) in [5, 5.41) is -0.149. The van der Waals surface area contributed by atoms with Crippen LogP contribution in [0.1, 0.15) is 19.3 Å². The Hall–Kier alpha value is -0.550. The van der Waals surface area contributed by atoms with Gasteiger partial charge in [0.05, 0.1) is 6.42 Å². The van der Waals surface area contributed by atoms with Crippen molar-refractivity contribution in [1.29, 1.82) is 0 Å². The lowest BCUT2D eigenvalue weighted by Crippen LogP contribution is -2.18. The fourth-order valence-corrected chi connectivity index (χ4v) is 2.03. The molecule has 5 heteroatoms. The lowest BCUT2D eigenvalue weighted by Gasteiger charge is -2.10. The van der Waals surface area contributed by atoms with Crippen molar-refractivity contribution >= 4 is 23.0 Å². The molecule has 4 nitrogen and oxygen atoms in total. The molecule has 0 saturated carbocycles. The van der Waals surface area contributed by atoms with Crippen LogP contribution in [0.2, 0.25) is 0 Å². The van der Waals surface area contributed by atoms with Crippen LogP contribution < -0.4 is 5.73 Å². The summed E-state index contributed by atoms with van der Waals surface area (Å²) in [6.07, 6.45) is 2.12. The molecular formula is C7H12N2O2S. The van der Waals surface area contributed by atoms with Gasteiger partial charge in [-0.3, -0.25) is 9.59 Å². The zero-order valence-electron chi connectivity index (χ0n) is 6.78. The van der Waals surface area contributed by atoms with Crippen molar-refractivity contribution in [3.63, 3.8) is 0 Å². The molecule has 0 aromatic carbocycles. The molecule has 1 rings (SSSR count). The third-order valence-electron chi connectivity index (χ3n) is 1.61. The van der Waals surface area contributed by atoms with E-state index in [1.54, 1.807) is 0 Å². The third-order valence-corrected chi connectivity index (χ3v) is 2.59. The molecule has 1 fully saturated rings. The normalized spacial score (nSPS) is 18.0. The topological polar surface area (TPSA) is 63.4 Å². The molecule has 0 spiro atoms. The van der Waals surface area contributed by atoms with Crippen LogP contribution in [0.5, 0.6) is 0 Å². The number of carbonyl (C=O) groups is 2. The lowest BCUT2D eigenvalue weighted by atomic mass is 10.4. The quantitative estimate of drug-likeness (QED) is 0.505.